The maximum atomic E-state index is 13.2. The van der Waals surface area contributed by atoms with E-state index in [4.69, 9.17) is 9.84 Å². The Morgan fingerprint density at radius 1 is 1.17 bits per heavy atom. The van der Waals surface area contributed by atoms with Gasteiger partial charge in [0.05, 0.1) is 24.6 Å². The van der Waals surface area contributed by atoms with Crippen molar-refractivity contribution >= 4 is 17.6 Å². The molecule has 1 aliphatic heterocycles. The third-order valence-corrected chi connectivity index (χ3v) is 6.56. The number of carbonyl (C=O) groups excluding carboxylic acids is 1. The molecule has 1 aliphatic rings. The number of ether oxygens (including phenoxy) is 1. The molecule has 2 aromatic carbocycles. The second kappa shape index (κ2) is 11.6. The van der Waals surface area contributed by atoms with Crippen molar-refractivity contribution in [3.8, 4) is 5.75 Å². The van der Waals surface area contributed by atoms with Crippen molar-refractivity contribution in [3.05, 3.63) is 59.2 Å². The van der Waals surface area contributed by atoms with Crippen LogP contribution in [0.4, 0.5) is 5.69 Å². The second-order valence-electron chi connectivity index (χ2n) is 9.77. The zero-order chi connectivity index (χ0) is 25.7. The fourth-order valence-electron chi connectivity index (χ4n) is 4.35. The summed E-state index contributed by atoms with van der Waals surface area (Å²) in [4.78, 5) is 30.3. The Morgan fingerprint density at radius 2 is 1.86 bits per heavy atom. The average molecular weight is 484 g/mol. The van der Waals surface area contributed by atoms with E-state index in [0.717, 1.165) is 16.8 Å². The fourth-order valence-corrected chi connectivity index (χ4v) is 4.35. The molecule has 0 spiro atoms. The Labute approximate surface area is 207 Å². The van der Waals surface area contributed by atoms with Crippen LogP contribution in [0.2, 0.25) is 0 Å². The molecule has 3 rings (SSSR count). The third-order valence-electron chi connectivity index (χ3n) is 6.56. The van der Waals surface area contributed by atoms with Crippen LogP contribution in [0.25, 0.3) is 0 Å². The lowest BCUT2D eigenvalue weighted by atomic mass is 10.0. The molecule has 0 fully saturated rings. The first-order chi connectivity index (χ1) is 16.6. The molecule has 8 heteroatoms. The average Bonchev–Trinajstić information content (AvgIpc) is 2.86. The van der Waals surface area contributed by atoms with Gasteiger partial charge in [0.2, 0.25) is 5.91 Å². The molecule has 0 radical (unpaired) electrons. The highest BCUT2D eigenvalue weighted by Gasteiger charge is 2.31. The third kappa shape index (κ3) is 6.74. The van der Waals surface area contributed by atoms with Crippen LogP contribution in [0, 0.1) is 5.92 Å². The van der Waals surface area contributed by atoms with E-state index in [0.29, 0.717) is 25.4 Å². The number of hydrogen-bond donors (Lipinski definition) is 2. The molecule has 35 heavy (non-hydrogen) atoms. The molecule has 2 N–H and O–H groups in total. The zero-order valence-corrected chi connectivity index (χ0v) is 21.3. The molecule has 0 bridgehead atoms. The van der Waals surface area contributed by atoms with Gasteiger partial charge in [-0.2, -0.15) is 0 Å². The molecule has 0 aromatic heterocycles. The highest BCUT2D eigenvalue weighted by Crippen LogP contribution is 2.30. The topological polar surface area (TPSA) is 93.6 Å². The van der Waals surface area contributed by atoms with E-state index in [1.807, 2.05) is 63.3 Å². The first kappa shape index (κ1) is 26.5. The van der Waals surface area contributed by atoms with E-state index in [2.05, 4.69) is 11.8 Å². The Bertz CT molecular complexity index is 1020. The van der Waals surface area contributed by atoms with Crippen molar-refractivity contribution in [3.63, 3.8) is 0 Å². The molecule has 0 unspecified atom stereocenters. The molecule has 8 nitrogen and oxygen atoms in total. The van der Waals surface area contributed by atoms with Gasteiger partial charge in [-0.05, 0) is 49.9 Å². The summed E-state index contributed by atoms with van der Waals surface area (Å²) in [5, 5.41) is 18.9. The smallest absolute Gasteiger partial charge is 0.335 e. The summed E-state index contributed by atoms with van der Waals surface area (Å²) in [6.07, 6.45) is 0.0218. The van der Waals surface area contributed by atoms with Crippen molar-refractivity contribution in [1.29, 1.82) is 0 Å². The minimum atomic E-state index is -0.940. The Kier molecular flexibility index (Phi) is 8.75. The van der Waals surface area contributed by atoms with Gasteiger partial charge in [0, 0.05) is 50.9 Å². The van der Waals surface area contributed by atoms with E-state index in [1.54, 1.807) is 17.0 Å². The van der Waals surface area contributed by atoms with E-state index < -0.39 is 5.97 Å². The van der Waals surface area contributed by atoms with E-state index in [1.165, 1.54) is 0 Å². The Morgan fingerprint density at radius 3 is 2.46 bits per heavy atom. The van der Waals surface area contributed by atoms with Gasteiger partial charge >= 0.3 is 5.97 Å². The lowest BCUT2D eigenvalue weighted by Gasteiger charge is -2.34. The van der Waals surface area contributed by atoms with E-state index in [-0.39, 0.29) is 42.6 Å². The van der Waals surface area contributed by atoms with Crippen LogP contribution in [-0.4, -0.2) is 84.9 Å². The highest BCUT2D eigenvalue weighted by atomic mass is 16.5. The number of rotatable bonds is 8. The lowest BCUT2D eigenvalue weighted by Crippen LogP contribution is -2.47. The van der Waals surface area contributed by atoms with Crippen molar-refractivity contribution in [2.45, 2.75) is 39.0 Å². The summed E-state index contributed by atoms with van der Waals surface area (Å²) in [5.41, 5.74) is 3.10. The molecule has 0 saturated carbocycles. The number of nitrogens with zero attached hydrogens (tertiary/aromatic N) is 3. The number of aliphatic hydroxyl groups is 1. The number of carboxylic acids is 1. The summed E-state index contributed by atoms with van der Waals surface area (Å²) in [7, 11) is 5.92. The number of likely N-dealkylation sites (N-methyl/N-ethyl adjacent to an activating group) is 1. The van der Waals surface area contributed by atoms with Crippen LogP contribution in [-0.2, 0) is 17.8 Å². The second-order valence-corrected chi connectivity index (χ2v) is 9.77. The number of amides is 1. The van der Waals surface area contributed by atoms with Gasteiger partial charge in [0.1, 0.15) is 11.9 Å². The van der Waals surface area contributed by atoms with Gasteiger partial charge in [0.25, 0.3) is 0 Å². The van der Waals surface area contributed by atoms with Crippen molar-refractivity contribution in [2.75, 3.05) is 45.7 Å². The first-order valence-electron chi connectivity index (χ1n) is 12.0. The summed E-state index contributed by atoms with van der Waals surface area (Å²) in [6.45, 7) is 5.58. The Hall–Kier alpha value is -3.10. The summed E-state index contributed by atoms with van der Waals surface area (Å²) < 4.78 is 6.55. The molecule has 190 valence electrons. The number of carbonyl (C=O) groups is 2. The number of fused-ring (bicyclic) bond motifs is 1. The lowest BCUT2D eigenvalue weighted by molar-refractivity contribution is -0.134. The molecule has 2 aromatic rings. The quantitative estimate of drug-likeness (QED) is 0.596. The van der Waals surface area contributed by atoms with Gasteiger partial charge in [-0.25, -0.2) is 4.79 Å². The van der Waals surface area contributed by atoms with E-state index >= 15 is 0 Å². The molecule has 1 amide bonds. The van der Waals surface area contributed by atoms with Crippen LogP contribution in [0.5, 0.6) is 5.75 Å². The van der Waals surface area contributed by atoms with Gasteiger partial charge in [-0.1, -0.05) is 19.1 Å². The SMILES string of the molecule is C[C@@H]1CN([C@@H](C)CO)C(=O)Cc2cc(N(C)C)ccc2O[C@@H]1CN(C)Cc1ccc(C(=O)O)cc1. The number of aliphatic hydroxyl groups excluding tert-OH is 1. The van der Waals surface area contributed by atoms with Crippen LogP contribution in [0.1, 0.15) is 35.3 Å². The number of hydrogen-bond acceptors (Lipinski definition) is 6. The molecular weight excluding hydrogens is 446 g/mol. The summed E-state index contributed by atoms with van der Waals surface area (Å²) >= 11 is 0. The van der Waals surface area contributed by atoms with Gasteiger partial charge in [-0.3, -0.25) is 9.69 Å². The standard InChI is InChI=1S/C27H37N3O5/c1-18-14-30(19(2)17-31)26(32)13-22-12-23(28(3)4)10-11-24(22)35-25(18)16-29(5)15-20-6-8-21(9-7-20)27(33)34/h6-12,18-19,25,31H,13-17H2,1-5H3,(H,33,34)/t18-,19+,25-/m1/s1. The van der Waals surface area contributed by atoms with Crippen molar-refractivity contribution in [2.24, 2.45) is 5.92 Å². The van der Waals surface area contributed by atoms with Crippen molar-refractivity contribution < 1.29 is 24.5 Å². The zero-order valence-electron chi connectivity index (χ0n) is 21.3. The number of aromatic carboxylic acids is 1. The number of anilines is 1. The molecule has 0 saturated heterocycles. The summed E-state index contributed by atoms with van der Waals surface area (Å²) in [6, 6.07) is 12.5. The van der Waals surface area contributed by atoms with Crippen LogP contribution < -0.4 is 9.64 Å². The van der Waals surface area contributed by atoms with Gasteiger partial charge < -0.3 is 24.7 Å². The largest absolute Gasteiger partial charge is 0.488 e. The van der Waals surface area contributed by atoms with Crippen LogP contribution >= 0.6 is 0 Å². The molecular formula is C27H37N3O5. The van der Waals surface area contributed by atoms with Crippen molar-refractivity contribution in [1.82, 2.24) is 9.80 Å². The minimum Gasteiger partial charge on any atom is -0.488 e. The fraction of sp³-hybridized carbons (Fsp3) is 0.481. The van der Waals surface area contributed by atoms with Gasteiger partial charge in [0.15, 0.2) is 0 Å². The van der Waals surface area contributed by atoms with Crippen LogP contribution in [0.15, 0.2) is 42.5 Å². The minimum absolute atomic E-state index is 0.0178. The van der Waals surface area contributed by atoms with Gasteiger partial charge in [-0.15, -0.1) is 0 Å². The van der Waals surface area contributed by atoms with Crippen LogP contribution in [0.3, 0.4) is 0 Å². The maximum absolute atomic E-state index is 13.2. The normalized spacial score (nSPS) is 19.3. The maximum Gasteiger partial charge on any atom is 0.335 e. The highest BCUT2D eigenvalue weighted by molar-refractivity contribution is 5.87. The molecule has 1 heterocycles. The monoisotopic (exact) mass is 483 g/mol. The number of carboxylic acid groups (broad SMARTS) is 1. The molecule has 3 atom stereocenters. The van der Waals surface area contributed by atoms with E-state index in [9.17, 15) is 14.7 Å². The number of benzene rings is 2. The summed E-state index contributed by atoms with van der Waals surface area (Å²) in [5.74, 6) is -0.237. The predicted molar refractivity (Wildman–Crippen MR) is 136 cm³/mol. The first-order valence-corrected chi connectivity index (χ1v) is 12.0. The predicted octanol–water partition coefficient (Wildman–Crippen LogP) is 2.73. The molecule has 0 aliphatic carbocycles. The Balaban J connectivity index is 1.86.